The summed E-state index contributed by atoms with van der Waals surface area (Å²) in [4.78, 5) is 16.3. The van der Waals surface area contributed by atoms with Gasteiger partial charge < -0.3 is 4.57 Å². The first-order valence-corrected chi connectivity index (χ1v) is 8.01. The van der Waals surface area contributed by atoms with Gasteiger partial charge in [0.1, 0.15) is 6.54 Å². The van der Waals surface area contributed by atoms with Crippen molar-refractivity contribution in [3.8, 4) is 0 Å². The molecule has 0 aliphatic rings. The van der Waals surface area contributed by atoms with Crippen molar-refractivity contribution >= 4 is 33.9 Å². The molecule has 0 fully saturated rings. The molecule has 4 rings (SSSR count). The number of fused-ring (bicyclic) bond motifs is 3. The van der Waals surface area contributed by atoms with E-state index in [2.05, 4.69) is 27.6 Å². The number of rotatable bonds is 4. The van der Waals surface area contributed by atoms with E-state index in [1.165, 1.54) is 0 Å². The second kappa shape index (κ2) is 6.57. The number of hydrogen-bond donors (Lipinski definition) is 1. The maximum absolute atomic E-state index is 12.3. The average Bonchev–Trinajstić information content (AvgIpc) is 2.97. The molecule has 0 aliphatic carbocycles. The van der Waals surface area contributed by atoms with E-state index in [1.807, 2.05) is 53.1 Å². The van der Waals surface area contributed by atoms with Gasteiger partial charge in [0.05, 0.1) is 6.21 Å². The van der Waals surface area contributed by atoms with Crippen molar-refractivity contribution in [1.82, 2.24) is 15.0 Å². The quantitative estimate of drug-likeness (QED) is 0.461. The number of aromatic nitrogens is 2. The van der Waals surface area contributed by atoms with Crippen LogP contribution in [0.25, 0.3) is 21.8 Å². The van der Waals surface area contributed by atoms with Gasteiger partial charge >= 0.3 is 0 Å². The Morgan fingerprint density at radius 3 is 2.20 bits per heavy atom. The highest BCUT2D eigenvalue weighted by molar-refractivity contribution is 6.08. The van der Waals surface area contributed by atoms with Crippen molar-refractivity contribution < 1.29 is 4.79 Å². The molecule has 4 aromatic rings. The normalized spacial score (nSPS) is 11.4. The molecule has 2 aromatic heterocycles. The summed E-state index contributed by atoms with van der Waals surface area (Å²) in [5, 5.41) is 6.31. The highest BCUT2D eigenvalue weighted by Gasteiger charge is 2.11. The predicted molar refractivity (Wildman–Crippen MR) is 99.4 cm³/mol. The Balaban J connectivity index is 1.59. The number of pyridine rings is 1. The molecule has 1 amide bonds. The molecule has 5 heteroatoms. The van der Waals surface area contributed by atoms with Crippen LogP contribution in [0.4, 0.5) is 0 Å². The average molecular weight is 328 g/mol. The smallest absolute Gasteiger partial charge is 0.260 e. The van der Waals surface area contributed by atoms with Gasteiger partial charge in [-0.15, -0.1) is 0 Å². The maximum atomic E-state index is 12.3. The van der Waals surface area contributed by atoms with Crippen LogP contribution in [-0.4, -0.2) is 21.7 Å². The minimum absolute atomic E-state index is 0.170. The lowest BCUT2D eigenvalue weighted by atomic mass is 10.2. The molecule has 0 unspecified atom stereocenters. The Bertz CT molecular complexity index is 1010. The van der Waals surface area contributed by atoms with Gasteiger partial charge in [0.2, 0.25) is 0 Å². The Kier molecular flexibility index (Phi) is 3.96. The summed E-state index contributed by atoms with van der Waals surface area (Å²) in [6.07, 6.45) is 4.97. The molecule has 0 saturated carbocycles. The molecule has 0 saturated heterocycles. The fraction of sp³-hybridized carbons (Fsp3) is 0.0500. The van der Waals surface area contributed by atoms with E-state index in [4.69, 9.17) is 0 Å². The third-order valence-corrected chi connectivity index (χ3v) is 4.09. The zero-order valence-corrected chi connectivity index (χ0v) is 13.5. The molecule has 122 valence electrons. The van der Waals surface area contributed by atoms with Gasteiger partial charge in [-0.2, -0.15) is 5.10 Å². The molecular weight excluding hydrogens is 312 g/mol. The minimum Gasteiger partial charge on any atom is -0.331 e. The summed E-state index contributed by atoms with van der Waals surface area (Å²) in [5.74, 6) is -0.170. The molecular formula is C20H16N4O. The van der Waals surface area contributed by atoms with E-state index in [9.17, 15) is 4.79 Å². The SMILES string of the molecule is O=C(Cn1c2ccccc2c2ccccc21)NN=Cc1ccncc1. The van der Waals surface area contributed by atoms with Crippen molar-refractivity contribution in [2.75, 3.05) is 0 Å². The van der Waals surface area contributed by atoms with Gasteiger partial charge in [-0.25, -0.2) is 5.43 Å². The van der Waals surface area contributed by atoms with Crippen LogP contribution >= 0.6 is 0 Å². The summed E-state index contributed by atoms with van der Waals surface area (Å²) >= 11 is 0. The molecule has 0 aliphatic heterocycles. The van der Waals surface area contributed by atoms with E-state index in [0.717, 1.165) is 27.4 Å². The zero-order chi connectivity index (χ0) is 17.1. The Morgan fingerprint density at radius 1 is 0.960 bits per heavy atom. The molecule has 0 radical (unpaired) electrons. The molecule has 0 spiro atoms. The number of hydrogen-bond acceptors (Lipinski definition) is 3. The second-order valence-corrected chi connectivity index (χ2v) is 5.69. The topological polar surface area (TPSA) is 59.3 Å². The van der Waals surface area contributed by atoms with Crippen LogP contribution < -0.4 is 5.43 Å². The van der Waals surface area contributed by atoms with Gasteiger partial charge in [-0.1, -0.05) is 36.4 Å². The first-order valence-electron chi connectivity index (χ1n) is 8.01. The molecule has 2 aromatic carbocycles. The molecule has 0 atom stereocenters. The van der Waals surface area contributed by atoms with Gasteiger partial charge in [0, 0.05) is 34.2 Å². The fourth-order valence-corrected chi connectivity index (χ4v) is 2.98. The lowest BCUT2D eigenvalue weighted by Crippen LogP contribution is -2.23. The molecule has 2 heterocycles. The van der Waals surface area contributed by atoms with Crippen LogP contribution in [0, 0.1) is 0 Å². The minimum atomic E-state index is -0.170. The summed E-state index contributed by atoms with van der Waals surface area (Å²) in [6.45, 7) is 0.210. The molecule has 1 N–H and O–H groups in total. The van der Waals surface area contributed by atoms with Crippen LogP contribution in [0.3, 0.4) is 0 Å². The number of amides is 1. The Morgan fingerprint density at radius 2 is 1.56 bits per heavy atom. The van der Waals surface area contributed by atoms with Crippen molar-refractivity contribution in [3.05, 3.63) is 78.6 Å². The summed E-state index contributed by atoms with van der Waals surface area (Å²) in [6, 6.07) is 19.9. The Hall–Kier alpha value is -3.47. The third-order valence-electron chi connectivity index (χ3n) is 4.09. The number of nitrogens with zero attached hydrogens (tertiary/aromatic N) is 3. The van der Waals surface area contributed by atoms with Gasteiger partial charge in [-0.05, 0) is 29.8 Å². The number of hydrazone groups is 1. The van der Waals surface area contributed by atoms with Gasteiger partial charge in [0.25, 0.3) is 5.91 Å². The van der Waals surface area contributed by atoms with Crippen molar-refractivity contribution in [2.24, 2.45) is 5.10 Å². The predicted octanol–water partition coefficient (Wildman–Crippen LogP) is 3.34. The number of carbonyl (C=O) groups is 1. The first-order chi connectivity index (χ1) is 12.3. The monoisotopic (exact) mass is 328 g/mol. The van der Waals surface area contributed by atoms with Crippen LogP contribution in [0.1, 0.15) is 5.56 Å². The van der Waals surface area contributed by atoms with E-state index < -0.39 is 0 Å². The summed E-state index contributed by atoms with van der Waals surface area (Å²) < 4.78 is 2.02. The lowest BCUT2D eigenvalue weighted by molar-refractivity contribution is -0.121. The van der Waals surface area contributed by atoms with Crippen LogP contribution in [-0.2, 0) is 11.3 Å². The van der Waals surface area contributed by atoms with Crippen molar-refractivity contribution in [3.63, 3.8) is 0 Å². The van der Waals surface area contributed by atoms with Crippen LogP contribution in [0.2, 0.25) is 0 Å². The molecule has 25 heavy (non-hydrogen) atoms. The second-order valence-electron chi connectivity index (χ2n) is 5.69. The number of nitrogens with one attached hydrogen (secondary N) is 1. The molecule has 5 nitrogen and oxygen atoms in total. The van der Waals surface area contributed by atoms with E-state index >= 15 is 0 Å². The highest BCUT2D eigenvalue weighted by atomic mass is 16.2. The van der Waals surface area contributed by atoms with Crippen LogP contribution in [0.5, 0.6) is 0 Å². The van der Waals surface area contributed by atoms with Crippen molar-refractivity contribution in [1.29, 1.82) is 0 Å². The molecule has 0 bridgehead atoms. The maximum Gasteiger partial charge on any atom is 0.260 e. The third kappa shape index (κ3) is 2.99. The number of carbonyl (C=O) groups excluding carboxylic acids is 1. The summed E-state index contributed by atoms with van der Waals surface area (Å²) in [7, 11) is 0. The van der Waals surface area contributed by atoms with Gasteiger partial charge in [0.15, 0.2) is 0 Å². The van der Waals surface area contributed by atoms with E-state index in [0.29, 0.717) is 0 Å². The standard InChI is InChI=1S/C20H16N4O/c25-20(23-22-13-15-9-11-21-12-10-15)14-24-18-7-3-1-5-16(18)17-6-2-4-8-19(17)24/h1-13H,14H2,(H,23,25). The van der Waals surface area contributed by atoms with E-state index in [1.54, 1.807) is 18.6 Å². The first kappa shape index (κ1) is 15.1. The largest absolute Gasteiger partial charge is 0.331 e. The Labute approximate surface area is 144 Å². The number of para-hydroxylation sites is 2. The lowest BCUT2D eigenvalue weighted by Gasteiger charge is -2.06. The number of benzene rings is 2. The van der Waals surface area contributed by atoms with Gasteiger partial charge in [-0.3, -0.25) is 9.78 Å². The fourth-order valence-electron chi connectivity index (χ4n) is 2.98. The van der Waals surface area contributed by atoms with Crippen molar-refractivity contribution in [2.45, 2.75) is 6.54 Å². The van der Waals surface area contributed by atoms with E-state index in [-0.39, 0.29) is 12.5 Å². The zero-order valence-electron chi connectivity index (χ0n) is 13.5. The van der Waals surface area contributed by atoms with Crippen LogP contribution in [0.15, 0.2) is 78.2 Å². The highest BCUT2D eigenvalue weighted by Crippen LogP contribution is 2.28. The summed E-state index contributed by atoms with van der Waals surface area (Å²) in [5.41, 5.74) is 5.55.